The number of hydrogen-bond acceptors (Lipinski definition) is 3. The molecule has 0 saturated carbocycles. The number of carbonyl (C=O) groups is 1. The maximum absolute atomic E-state index is 11.6. The van der Waals surface area contributed by atoms with Crippen molar-refractivity contribution in [3.63, 3.8) is 0 Å². The molecule has 0 aliphatic carbocycles. The number of rotatable bonds is 2. The molecule has 2 rings (SSSR count). The molecule has 5 heteroatoms. The maximum atomic E-state index is 11.6. The number of hydrogen-bond donors (Lipinski definition) is 1. The van der Waals surface area contributed by atoms with Gasteiger partial charge in [-0.15, -0.1) is 0 Å². The number of anilines is 1. The zero-order valence-corrected chi connectivity index (χ0v) is 8.52. The quantitative estimate of drug-likeness (QED) is 0.809. The van der Waals surface area contributed by atoms with Crippen LogP contribution in [-0.2, 0) is 7.05 Å². The predicted molar refractivity (Wildman–Crippen MR) is 54.6 cm³/mol. The summed E-state index contributed by atoms with van der Waals surface area (Å²) < 4.78 is 6.58. The van der Waals surface area contributed by atoms with Crippen LogP contribution in [0, 0.1) is 6.92 Å². The Morgan fingerprint density at radius 3 is 2.93 bits per heavy atom. The van der Waals surface area contributed by atoms with Crippen LogP contribution in [-0.4, -0.2) is 15.7 Å². The summed E-state index contributed by atoms with van der Waals surface area (Å²) >= 11 is 0. The van der Waals surface area contributed by atoms with Gasteiger partial charge in [-0.25, -0.2) is 0 Å². The van der Waals surface area contributed by atoms with E-state index in [9.17, 15) is 4.79 Å². The van der Waals surface area contributed by atoms with Crippen LogP contribution < -0.4 is 5.32 Å². The molecule has 0 atom stereocenters. The molecule has 2 aromatic rings. The molecular weight excluding hydrogens is 194 g/mol. The normalized spacial score (nSPS) is 10.3. The van der Waals surface area contributed by atoms with Gasteiger partial charge in [0.15, 0.2) is 5.76 Å². The van der Waals surface area contributed by atoms with E-state index in [1.807, 2.05) is 6.92 Å². The Kier molecular flexibility index (Phi) is 2.29. The number of furan rings is 1. The van der Waals surface area contributed by atoms with Crippen molar-refractivity contribution in [2.24, 2.45) is 7.05 Å². The van der Waals surface area contributed by atoms with Gasteiger partial charge in [-0.3, -0.25) is 9.48 Å². The molecule has 0 saturated heterocycles. The molecule has 0 radical (unpaired) electrons. The summed E-state index contributed by atoms with van der Waals surface area (Å²) in [7, 11) is 1.77. The number of carbonyl (C=O) groups excluding carboxylic acids is 1. The van der Waals surface area contributed by atoms with Crippen molar-refractivity contribution < 1.29 is 9.21 Å². The van der Waals surface area contributed by atoms with E-state index in [1.165, 1.54) is 6.26 Å². The fourth-order valence-corrected chi connectivity index (χ4v) is 1.31. The standard InChI is InChI=1S/C10H11N3O2/c1-7-6-9(13(2)12-7)11-10(14)8-4-3-5-15-8/h3-6H,1-2H3,(H,11,14). The Morgan fingerprint density at radius 2 is 2.40 bits per heavy atom. The second-order valence-corrected chi connectivity index (χ2v) is 3.23. The second kappa shape index (κ2) is 3.61. The Hall–Kier alpha value is -2.04. The molecule has 1 N–H and O–H groups in total. The molecular formula is C10H11N3O2. The van der Waals surface area contributed by atoms with Gasteiger partial charge in [-0.1, -0.05) is 0 Å². The molecule has 78 valence electrons. The Balaban J connectivity index is 2.16. The summed E-state index contributed by atoms with van der Waals surface area (Å²) in [4.78, 5) is 11.6. The van der Waals surface area contributed by atoms with Crippen molar-refractivity contribution in [3.8, 4) is 0 Å². The van der Waals surface area contributed by atoms with Gasteiger partial charge in [0.25, 0.3) is 5.91 Å². The van der Waals surface area contributed by atoms with Crippen LogP contribution in [0.4, 0.5) is 5.82 Å². The molecule has 0 aliphatic rings. The number of aryl methyl sites for hydroxylation is 2. The van der Waals surface area contributed by atoms with Crippen molar-refractivity contribution in [2.45, 2.75) is 6.92 Å². The minimum absolute atomic E-state index is 0.275. The highest BCUT2D eigenvalue weighted by molar-refractivity contribution is 6.01. The molecule has 1 amide bonds. The first-order chi connectivity index (χ1) is 7.16. The number of nitrogens with zero attached hydrogens (tertiary/aromatic N) is 2. The summed E-state index contributed by atoms with van der Waals surface area (Å²) in [5, 5.41) is 6.82. The second-order valence-electron chi connectivity index (χ2n) is 3.23. The van der Waals surface area contributed by atoms with Crippen LogP contribution in [0.5, 0.6) is 0 Å². The Morgan fingerprint density at radius 1 is 1.60 bits per heavy atom. The Bertz CT molecular complexity index is 471. The van der Waals surface area contributed by atoms with Crippen molar-refractivity contribution in [1.82, 2.24) is 9.78 Å². The van der Waals surface area contributed by atoms with Gasteiger partial charge in [0.1, 0.15) is 5.82 Å². The van der Waals surface area contributed by atoms with Crippen molar-refractivity contribution in [3.05, 3.63) is 35.9 Å². The molecule has 2 heterocycles. The molecule has 0 aromatic carbocycles. The largest absolute Gasteiger partial charge is 0.459 e. The van der Waals surface area contributed by atoms with Crippen LogP contribution in [0.1, 0.15) is 16.2 Å². The van der Waals surface area contributed by atoms with Gasteiger partial charge in [-0.2, -0.15) is 5.10 Å². The van der Waals surface area contributed by atoms with E-state index < -0.39 is 0 Å². The minimum atomic E-state index is -0.275. The maximum Gasteiger partial charge on any atom is 0.292 e. The van der Waals surface area contributed by atoms with Crippen LogP contribution in [0.15, 0.2) is 28.9 Å². The number of aromatic nitrogens is 2. The van der Waals surface area contributed by atoms with Gasteiger partial charge in [-0.05, 0) is 19.1 Å². The lowest BCUT2D eigenvalue weighted by molar-refractivity contribution is 0.0995. The van der Waals surface area contributed by atoms with Gasteiger partial charge in [0.2, 0.25) is 0 Å². The van der Waals surface area contributed by atoms with Crippen LogP contribution in [0.2, 0.25) is 0 Å². The third-order valence-electron chi connectivity index (χ3n) is 1.99. The topological polar surface area (TPSA) is 60.1 Å². The lowest BCUT2D eigenvalue weighted by atomic mass is 10.4. The third kappa shape index (κ3) is 1.90. The van der Waals surface area contributed by atoms with Gasteiger partial charge in [0.05, 0.1) is 12.0 Å². The number of nitrogens with one attached hydrogen (secondary N) is 1. The molecule has 0 aliphatic heterocycles. The SMILES string of the molecule is Cc1cc(NC(=O)c2ccco2)n(C)n1. The van der Waals surface area contributed by atoms with Crippen LogP contribution in [0.25, 0.3) is 0 Å². The first-order valence-electron chi connectivity index (χ1n) is 4.52. The lowest BCUT2D eigenvalue weighted by Crippen LogP contribution is -2.13. The average molecular weight is 205 g/mol. The highest BCUT2D eigenvalue weighted by atomic mass is 16.3. The monoisotopic (exact) mass is 205 g/mol. The zero-order valence-electron chi connectivity index (χ0n) is 8.52. The van der Waals surface area contributed by atoms with Gasteiger partial charge >= 0.3 is 0 Å². The van der Waals surface area contributed by atoms with Crippen LogP contribution in [0.3, 0.4) is 0 Å². The fourth-order valence-electron chi connectivity index (χ4n) is 1.31. The van der Waals surface area contributed by atoms with E-state index in [0.29, 0.717) is 5.82 Å². The summed E-state index contributed by atoms with van der Waals surface area (Å²) in [5.74, 6) is 0.658. The highest BCUT2D eigenvalue weighted by Gasteiger charge is 2.11. The van der Waals surface area contributed by atoms with E-state index in [-0.39, 0.29) is 11.7 Å². The van der Waals surface area contributed by atoms with E-state index in [1.54, 1.807) is 29.9 Å². The van der Waals surface area contributed by atoms with E-state index >= 15 is 0 Å². The van der Waals surface area contributed by atoms with Crippen LogP contribution >= 0.6 is 0 Å². The summed E-state index contributed by atoms with van der Waals surface area (Å²) in [5.41, 5.74) is 0.854. The molecule has 2 aromatic heterocycles. The highest BCUT2D eigenvalue weighted by Crippen LogP contribution is 2.10. The number of amides is 1. The Labute approximate surface area is 86.7 Å². The lowest BCUT2D eigenvalue weighted by Gasteiger charge is -2.01. The molecule has 0 fully saturated rings. The van der Waals surface area contributed by atoms with Crippen molar-refractivity contribution >= 4 is 11.7 Å². The van der Waals surface area contributed by atoms with E-state index in [0.717, 1.165) is 5.69 Å². The zero-order chi connectivity index (χ0) is 10.8. The van der Waals surface area contributed by atoms with Crippen molar-refractivity contribution in [1.29, 1.82) is 0 Å². The summed E-state index contributed by atoms with van der Waals surface area (Å²) in [6.45, 7) is 1.86. The molecule has 5 nitrogen and oxygen atoms in total. The fraction of sp³-hybridized carbons (Fsp3) is 0.200. The molecule has 0 bridgehead atoms. The summed E-state index contributed by atoms with van der Waals surface area (Å²) in [6, 6.07) is 5.07. The molecule has 15 heavy (non-hydrogen) atoms. The molecule has 0 spiro atoms. The first-order valence-corrected chi connectivity index (χ1v) is 4.52. The minimum Gasteiger partial charge on any atom is -0.459 e. The molecule has 0 unspecified atom stereocenters. The van der Waals surface area contributed by atoms with Gasteiger partial charge < -0.3 is 9.73 Å². The van der Waals surface area contributed by atoms with E-state index in [4.69, 9.17) is 4.42 Å². The van der Waals surface area contributed by atoms with Crippen molar-refractivity contribution in [2.75, 3.05) is 5.32 Å². The third-order valence-corrected chi connectivity index (χ3v) is 1.99. The van der Waals surface area contributed by atoms with Gasteiger partial charge in [0, 0.05) is 13.1 Å². The summed E-state index contributed by atoms with van der Waals surface area (Å²) in [6.07, 6.45) is 1.46. The average Bonchev–Trinajstić information content (AvgIpc) is 2.76. The van der Waals surface area contributed by atoms with E-state index in [2.05, 4.69) is 10.4 Å². The predicted octanol–water partition coefficient (Wildman–Crippen LogP) is 1.57. The first kappa shape index (κ1) is 9.51. The smallest absolute Gasteiger partial charge is 0.292 e.